The molecule has 3 aromatic rings. The lowest BCUT2D eigenvalue weighted by Gasteiger charge is -2.11. The molecule has 2 aromatic carbocycles. The number of carboxylic acid groups (broad SMARTS) is 1. The largest absolute Gasteiger partial charge is 0.497 e. The minimum Gasteiger partial charge on any atom is -0.497 e. The van der Waals surface area contributed by atoms with Gasteiger partial charge in [0.05, 0.1) is 25.9 Å². The number of carboxylic acids is 1. The van der Waals surface area contributed by atoms with Crippen LogP contribution >= 0.6 is 11.8 Å². The number of aryl methyl sites for hydroxylation is 1. The molecule has 3 rings (SSSR count). The van der Waals surface area contributed by atoms with Crippen molar-refractivity contribution in [1.82, 2.24) is 4.98 Å². The van der Waals surface area contributed by atoms with E-state index in [9.17, 15) is 4.79 Å². The number of carbonyl (C=O) groups is 1. The fourth-order valence-corrected chi connectivity index (χ4v) is 4.77. The number of hydrogen-bond acceptors (Lipinski definition) is 6. The molecule has 0 unspecified atom stereocenters. The number of benzene rings is 2. The van der Waals surface area contributed by atoms with Gasteiger partial charge in [0.1, 0.15) is 22.9 Å². The van der Waals surface area contributed by atoms with Crippen molar-refractivity contribution in [3.05, 3.63) is 83.6 Å². The van der Waals surface area contributed by atoms with E-state index >= 15 is 0 Å². The maximum Gasteiger partial charge on any atom is 0.328 e. The van der Waals surface area contributed by atoms with Crippen molar-refractivity contribution in [2.45, 2.75) is 55.7 Å². The highest BCUT2D eigenvalue weighted by atomic mass is 32.2. The first-order chi connectivity index (χ1) is 18.6. The van der Waals surface area contributed by atoms with Gasteiger partial charge in [-0.3, -0.25) is 0 Å². The number of aromatic nitrogens is 1. The molecule has 202 valence electrons. The SMILES string of the molecule is COc1ccc(CCCCCCCCOc2ccc(SCc3cccc(OC)c3)nc2C=CC(=O)O)cc1. The number of pyridine rings is 1. The molecule has 0 saturated heterocycles. The summed E-state index contributed by atoms with van der Waals surface area (Å²) in [6.45, 7) is 0.581. The molecule has 6 nitrogen and oxygen atoms in total. The van der Waals surface area contributed by atoms with E-state index in [0.717, 1.165) is 53.2 Å². The highest BCUT2D eigenvalue weighted by molar-refractivity contribution is 7.98. The van der Waals surface area contributed by atoms with E-state index < -0.39 is 5.97 Å². The highest BCUT2D eigenvalue weighted by Crippen LogP contribution is 2.27. The molecule has 0 aliphatic heterocycles. The number of nitrogens with zero attached hydrogens (tertiary/aromatic N) is 1. The Morgan fingerprint density at radius 2 is 1.61 bits per heavy atom. The lowest BCUT2D eigenvalue weighted by molar-refractivity contribution is -0.131. The van der Waals surface area contributed by atoms with E-state index in [-0.39, 0.29) is 0 Å². The van der Waals surface area contributed by atoms with Crippen molar-refractivity contribution >= 4 is 23.8 Å². The molecular weight excluding hydrogens is 498 g/mol. The second-order valence-corrected chi connectivity index (χ2v) is 9.91. The van der Waals surface area contributed by atoms with Crippen LogP contribution in [0.15, 0.2) is 71.8 Å². The number of aliphatic carboxylic acids is 1. The topological polar surface area (TPSA) is 77.9 Å². The van der Waals surface area contributed by atoms with Crippen molar-refractivity contribution < 1.29 is 24.1 Å². The number of rotatable bonds is 17. The fourth-order valence-electron chi connectivity index (χ4n) is 3.95. The Balaban J connectivity index is 1.39. The van der Waals surface area contributed by atoms with Gasteiger partial charge in [0.25, 0.3) is 0 Å². The summed E-state index contributed by atoms with van der Waals surface area (Å²) in [6.07, 6.45) is 10.5. The summed E-state index contributed by atoms with van der Waals surface area (Å²) in [7, 11) is 3.34. The van der Waals surface area contributed by atoms with Crippen molar-refractivity contribution in [1.29, 1.82) is 0 Å². The molecule has 0 fully saturated rings. The third-order valence-electron chi connectivity index (χ3n) is 6.04. The minimum absolute atomic E-state index is 0.529. The molecule has 0 aliphatic carbocycles. The molecular formula is C31H37NO5S. The van der Waals surface area contributed by atoms with Crippen LogP contribution < -0.4 is 14.2 Å². The number of unbranched alkanes of at least 4 members (excludes halogenated alkanes) is 5. The molecule has 0 aliphatic rings. The lowest BCUT2D eigenvalue weighted by atomic mass is 10.0. The van der Waals surface area contributed by atoms with Crippen LogP contribution in [0.25, 0.3) is 6.08 Å². The van der Waals surface area contributed by atoms with Gasteiger partial charge in [-0.05, 0) is 72.9 Å². The van der Waals surface area contributed by atoms with Gasteiger partial charge in [-0.25, -0.2) is 9.78 Å². The highest BCUT2D eigenvalue weighted by Gasteiger charge is 2.07. The summed E-state index contributed by atoms with van der Waals surface area (Å²) >= 11 is 1.58. The van der Waals surface area contributed by atoms with Crippen LogP contribution in [0, 0.1) is 0 Å². The number of methoxy groups -OCH3 is 2. The maximum atomic E-state index is 11.1. The molecule has 38 heavy (non-hydrogen) atoms. The Labute approximate surface area is 230 Å². The number of thioether (sulfide) groups is 1. The molecule has 0 amide bonds. The van der Waals surface area contributed by atoms with Crippen molar-refractivity contribution in [2.24, 2.45) is 0 Å². The van der Waals surface area contributed by atoms with Crippen LogP contribution in [0.4, 0.5) is 0 Å². The van der Waals surface area contributed by atoms with Gasteiger partial charge < -0.3 is 19.3 Å². The molecule has 1 heterocycles. The summed E-state index contributed by atoms with van der Waals surface area (Å²) in [6, 6.07) is 20.0. The van der Waals surface area contributed by atoms with Crippen molar-refractivity contribution in [3.63, 3.8) is 0 Å². The van der Waals surface area contributed by atoms with Gasteiger partial charge in [-0.2, -0.15) is 0 Å². The molecule has 1 aromatic heterocycles. The average Bonchev–Trinajstić information content (AvgIpc) is 2.95. The van der Waals surface area contributed by atoms with Crippen LogP contribution in [-0.4, -0.2) is 36.9 Å². The smallest absolute Gasteiger partial charge is 0.328 e. The van der Waals surface area contributed by atoms with Gasteiger partial charge in [-0.1, -0.05) is 49.9 Å². The Hall–Kier alpha value is -3.45. The first-order valence-electron chi connectivity index (χ1n) is 13.0. The predicted molar refractivity (Wildman–Crippen MR) is 153 cm³/mol. The average molecular weight is 536 g/mol. The predicted octanol–water partition coefficient (Wildman–Crippen LogP) is 7.45. The monoisotopic (exact) mass is 535 g/mol. The fraction of sp³-hybridized carbons (Fsp3) is 0.355. The van der Waals surface area contributed by atoms with Crippen LogP contribution in [0.2, 0.25) is 0 Å². The third kappa shape index (κ3) is 10.5. The van der Waals surface area contributed by atoms with Crippen molar-refractivity contribution in [2.75, 3.05) is 20.8 Å². The number of ether oxygens (including phenoxy) is 3. The standard InChI is InChI=1S/C31H37NO5S/c1-35-26-15-13-24(14-16-26)10-7-5-3-4-6-8-21-37-29-18-19-30(32-28(29)17-20-31(33)34)38-23-25-11-9-12-27(22-25)36-2/h9,11-20,22H,3-8,10,21,23H2,1-2H3,(H,33,34). The van der Waals surface area contributed by atoms with E-state index in [0.29, 0.717) is 18.1 Å². The molecule has 0 radical (unpaired) electrons. The van der Waals surface area contributed by atoms with Gasteiger partial charge in [0.15, 0.2) is 0 Å². The second-order valence-electron chi connectivity index (χ2n) is 8.91. The van der Waals surface area contributed by atoms with Crippen LogP contribution in [0.5, 0.6) is 17.2 Å². The molecule has 0 atom stereocenters. The molecule has 1 N–H and O–H groups in total. The van der Waals surface area contributed by atoms with Gasteiger partial charge in [-0.15, -0.1) is 11.8 Å². The van der Waals surface area contributed by atoms with Gasteiger partial charge in [0, 0.05) is 11.8 Å². The van der Waals surface area contributed by atoms with E-state index in [2.05, 4.69) is 17.1 Å². The zero-order chi connectivity index (χ0) is 27.0. The zero-order valence-electron chi connectivity index (χ0n) is 22.2. The molecule has 0 bridgehead atoms. The zero-order valence-corrected chi connectivity index (χ0v) is 23.0. The Bertz CT molecular complexity index is 1160. The lowest BCUT2D eigenvalue weighted by Crippen LogP contribution is -2.01. The summed E-state index contributed by atoms with van der Waals surface area (Å²) < 4.78 is 16.5. The molecule has 7 heteroatoms. The third-order valence-corrected chi connectivity index (χ3v) is 7.04. The van der Waals surface area contributed by atoms with Crippen molar-refractivity contribution in [3.8, 4) is 17.2 Å². The summed E-state index contributed by atoms with van der Waals surface area (Å²) in [5.74, 6) is 2.04. The first-order valence-corrected chi connectivity index (χ1v) is 14.0. The Morgan fingerprint density at radius 3 is 2.34 bits per heavy atom. The maximum absolute atomic E-state index is 11.1. The van der Waals surface area contributed by atoms with E-state index in [1.807, 2.05) is 48.5 Å². The molecule has 0 spiro atoms. The second kappa shape index (κ2) is 16.4. The van der Waals surface area contributed by atoms with Crippen LogP contribution in [0.1, 0.15) is 55.3 Å². The van der Waals surface area contributed by atoms with Crippen LogP contribution in [0.3, 0.4) is 0 Å². The normalized spacial score (nSPS) is 11.0. The summed E-state index contributed by atoms with van der Waals surface area (Å²) in [5, 5.41) is 9.89. The summed E-state index contributed by atoms with van der Waals surface area (Å²) in [4.78, 5) is 15.7. The van der Waals surface area contributed by atoms with Crippen LogP contribution in [-0.2, 0) is 17.0 Å². The Morgan fingerprint density at radius 1 is 0.868 bits per heavy atom. The number of hydrogen-bond donors (Lipinski definition) is 1. The van der Waals surface area contributed by atoms with Gasteiger partial charge in [0.2, 0.25) is 0 Å². The quantitative estimate of drug-likeness (QED) is 0.109. The van der Waals surface area contributed by atoms with E-state index in [1.54, 1.807) is 26.0 Å². The first kappa shape index (κ1) is 29.1. The molecule has 0 saturated carbocycles. The van der Waals surface area contributed by atoms with E-state index in [1.165, 1.54) is 37.3 Å². The van der Waals surface area contributed by atoms with E-state index in [4.69, 9.17) is 19.3 Å². The Kier molecular flexibility index (Phi) is 12.6. The van der Waals surface area contributed by atoms with Gasteiger partial charge >= 0.3 is 5.97 Å². The minimum atomic E-state index is -1.01. The summed E-state index contributed by atoms with van der Waals surface area (Å²) in [5.41, 5.74) is 3.01.